The van der Waals surface area contributed by atoms with Gasteiger partial charge in [-0.15, -0.1) is 10.2 Å². The minimum absolute atomic E-state index is 0.0462. The third-order valence-electron chi connectivity index (χ3n) is 7.77. The molecule has 2 aromatic carbocycles. The van der Waals surface area contributed by atoms with Gasteiger partial charge >= 0.3 is 0 Å². The molecule has 8 heteroatoms. The van der Waals surface area contributed by atoms with Crippen LogP contribution in [0.25, 0.3) is 5.65 Å². The van der Waals surface area contributed by atoms with Crippen LogP contribution in [0.1, 0.15) is 59.9 Å². The van der Waals surface area contributed by atoms with E-state index in [1.54, 1.807) is 17.3 Å². The van der Waals surface area contributed by atoms with Gasteiger partial charge in [-0.3, -0.25) is 14.1 Å². The highest BCUT2D eigenvalue weighted by atomic mass is 19.2. The van der Waals surface area contributed by atoms with E-state index in [1.165, 1.54) is 17.2 Å². The van der Waals surface area contributed by atoms with Crippen molar-refractivity contribution >= 4 is 11.6 Å². The van der Waals surface area contributed by atoms with Crippen LogP contribution in [0.3, 0.4) is 0 Å². The van der Waals surface area contributed by atoms with E-state index in [0.29, 0.717) is 24.4 Å². The average molecular weight is 502 g/mol. The number of pyridine rings is 1. The van der Waals surface area contributed by atoms with Gasteiger partial charge in [-0.25, -0.2) is 8.78 Å². The van der Waals surface area contributed by atoms with Crippen LogP contribution in [-0.4, -0.2) is 49.9 Å². The van der Waals surface area contributed by atoms with Crippen LogP contribution >= 0.6 is 0 Å². The monoisotopic (exact) mass is 501 g/mol. The van der Waals surface area contributed by atoms with Crippen molar-refractivity contribution in [1.82, 2.24) is 24.4 Å². The Labute approximate surface area is 214 Å². The van der Waals surface area contributed by atoms with Gasteiger partial charge in [-0.2, -0.15) is 0 Å². The molecule has 0 bridgehead atoms. The number of benzene rings is 2. The van der Waals surface area contributed by atoms with E-state index in [1.807, 2.05) is 22.7 Å². The standard InChI is InChI=1S/C29H29F2N5O/c30-25-8-7-24(16-26(25)31)29(36-12-1-2-28(36)37)22-5-3-20(4-6-22)18-34-13-9-21(10-14-34)23-11-15-35-19-32-33-27(35)17-23/h3-8,11,15-17,19,21,29H,1-2,9-10,12-14,18H2. The summed E-state index contributed by atoms with van der Waals surface area (Å²) in [6, 6.07) is 16.0. The highest BCUT2D eigenvalue weighted by molar-refractivity contribution is 5.79. The van der Waals surface area contributed by atoms with Crippen molar-refractivity contribution in [2.24, 2.45) is 0 Å². The lowest BCUT2D eigenvalue weighted by atomic mass is 9.89. The van der Waals surface area contributed by atoms with Crippen molar-refractivity contribution in [3.8, 4) is 0 Å². The Morgan fingerprint density at radius 2 is 1.70 bits per heavy atom. The lowest BCUT2D eigenvalue weighted by molar-refractivity contribution is -0.129. The number of carbonyl (C=O) groups is 1. The Bertz CT molecular complexity index is 1410. The van der Waals surface area contributed by atoms with Crippen LogP contribution in [0.4, 0.5) is 8.78 Å². The number of nitrogens with zero attached hydrogens (tertiary/aromatic N) is 5. The number of fused-ring (bicyclic) bond motifs is 1. The van der Waals surface area contributed by atoms with Gasteiger partial charge < -0.3 is 4.90 Å². The third-order valence-corrected chi connectivity index (χ3v) is 7.77. The predicted molar refractivity (Wildman–Crippen MR) is 136 cm³/mol. The van der Waals surface area contributed by atoms with Gasteiger partial charge in [0.25, 0.3) is 0 Å². The second-order valence-corrected chi connectivity index (χ2v) is 10.1. The molecule has 6 nitrogen and oxygen atoms in total. The quantitative estimate of drug-likeness (QED) is 0.369. The number of carbonyl (C=O) groups excluding carboxylic acids is 1. The summed E-state index contributed by atoms with van der Waals surface area (Å²) in [6.45, 7) is 3.51. The van der Waals surface area contributed by atoms with Gasteiger partial charge in [-0.05, 0) is 84.8 Å². The van der Waals surface area contributed by atoms with Gasteiger partial charge in [0.2, 0.25) is 5.91 Å². The first-order chi connectivity index (χ1) is 18.0. The molecule has 2 aromatic heterocycles. The molecule has 37 heavy (non-hydrogen) atoms. The average Bonchev–Trinajstić information content (AvgIpc) is 3.56. The van der Waals surface area contributed by atoms with Crippen LogP contribution < -0.4 is 0 Å². The number of rotatable bonds is 6. The number of amides is 1. The van der Waals surface area contributed by atoms with E-state index in [-0.39, 0.29) is 5.91 Å². The molecule has 2 aliphatic heterocycles. The lowest BCUT2D eigenvalue weighted by Crippen LogP contribution is -2.32. The van der Waals surface area contributed by atoms with Crippen molar-refractivity contribution in [1.29, 1.82) is 0 Å². The minimum atomic E-state index is -0.893. The molecule has 4 aromatic rings. The van der Waals surface area contributed by atoms with E-state index in [0.717, 1.165) is 56.2 Å². The van der Waals surface area contributed by atoms with Gasteiger partial charge in [0.1, 0.15) is 6.33 Å². The fraction of sp³-hybridized carbons (Fsp3) is 0.345. The molecule has 0 saturated carbocycles. The van der Waals surface area contributed by atoms with Gasteiger partial charge in [0, 0.05) is 25.7 Å². The topological polar surface area (TPSA) is 53.7 Å². The Morgan fingerprint density at radius 1 is 0.919 bits per heavy atom. The zero-order valence-electron chi connectivity index (χ0n) is 20.6. The molecule has 0 aliphatic carbocycles. The number of halogens is 2. The van der Waals surface area contributed by atoms with Crippen LogP contribution in [0.2, 0.25) is 0 Å². The first-order valence-electron chi connectivity index (χ1n) is 12.9. The van der Waals surface area contributed by atoms with Gasteiger partial charge in [0.15, 0.2) is 17.3 Å². The van der Waals surface area contributed by atoms with E-state index >= 15 is 0 Å². The van der Waals surface area contributed by atoms with E-state index < -0.39 is 17.7 Å². The Hall–Kier alpha value is -3.65. The summed E-state index contributed by atoms with van der Waals surface area (Å²) in [5.74, 6) is -1.20. The molecule has 190 valence electrons. The largest absolute Gasteiger partial charge is 0.332 e. The molecule has 2 saturated heterocycles. The third kappa shape index (κ3) is 4.85. The summed E-state index contributed by atoms with van der Waals surface area (Å²) in [6.07, 6.45) is 7.20. The molecule has 0 spiro atoms. The minimum Gasteiger partial charge on any atom is -0.332 e. The Kier molecular flexibility index (Phi) is 6.42. The predicted octanol–water partition coefficient (Wildman–Crippen LogP) is 5.10. The highest BCUT2D eigenvalue weighted by Gasteiger charge is 2.31. The Morgan fingerprint density at radius 3 is 2.43 bits per heavy atom. The smallest absolute Gasteiger partial charge is 0.223 e. The maximum Gasteiger partial charge on any atom is 0.223 e. The normalized spacial score (nSPS) is 18.1. The summed E-state index contributed by atoms with van der Waals surface area (Å²) in [4.78, 5) is 16.8. The zero-order valence-corrected chi connectivity index (χ0v) is 20.6. The molecule has 1 atom stereocenters. The zero-order chi connectivity index (χ0) is 25.4. The number of hydrogen-bond donors (Lipinski definition) is 0. The van der Waals surface area contributed by atoms with Gasteiger partial charge in [-0.1, -0.05) is 30.3 Å². The summed E-state index contributed by atoms with van der Waals surface area (Å²) < 4.78 is 29.6. The molecular formula is C29H29F2N5O. The molecule has 6 rings (SSSR count). The molecule has 4 heterocycles. The SMILES string of the molecule is O=C1CCCN1C(c1ccc(CN2CCC(c3ccn4cnnc4c3)CC2)cc1)c1ccc(F)c(F)c1. The van der Waals surface area contributed by atoms with Crippen LogP contribution in [0, 0.1) is 11.6 Å². The second-order valence-electron chi connectivity index (χ2n) is 10.1. The maximum atomic E-state index is 14.1. The second kappa shape index (κ2) is 10.0. The van der Waals surface area contributed by atoms with E-state index in [2.05, 4.69) is 39.4 Å². The molecule has 2 aliphatic rings. The molecule has 2 fully saturated rings. The fourth-order valence-electron chi connectivity index (χ4n) is 5.75. The fourth-order valence-corrected chi connectivity index (χ4v) is 5.75. The van der Waals surface area contributed by atoms with Crippen molar-refractivity contribution in [2.75, 3.05) is 19.6 Å². The maximum absolute atomic E-state index is 14.1. The van der Waals surface area contributed by atoms with Crippen molar-refractivity contribution < 1.29 is 13.6 Å². The number of hydrogen-bond acceptors (Lipinski definition) is 4. The Balaban J connectivity index is 1.13. The molecule has 0 N–H and O–H groups in total. The van der Waals surface area contributed by atoms with Crippen LogP contribution in [-0.2, 0) is 11.3 Å². The summed E-state index contributed by atoms with van der Waals surface area (Å²) >= 11 is 0. The van der Waals surface area contributed by atoms with E-state index in [4.69, 9.17) is 0 Å². The number of piperidine rings is 1. The lowest BCUT2D eigenvalue weighted by Gasteiger charge is -2.32. The van der Waals surface area contributed by atoms with E-state index in [9.17, 15) is 13.6 Å². The first-order valence-corrected chi connectivity index (χ1v) is 12.9. The summed E-state index contributed by atoms with van der Waals surface area (Å²) in [5, 5.41) is 8.13. The van der Waals surface area contributed by atoms with Gasteiger partial charge in [0.05, 0.1) is 6.04 Å². The highest BCUT2D eigenvalue weighted by Crippen LogP contribution is 2.34. The number of aromatic nitrogens is 3. The molecule has 1 unspecified atom stereocenters. The van der Waals surface area contributed by atoms with Crippen LogP contribution in [0.15, 0.2) is 67.1 Å². The summed E-state index contributed by atoms with van der Waals surface area (Å²) in [5.41, 5.74) is 4.91. The van der Waals surface area contributed by atoms with Crippen LogP contribution in [0.5, 0.6) is 0 Å². The van der Waals surface area contributed by atoms with Crippen molar-refractivity contribution in [3.05, 3.63) is 101 Å². The first kappa shape index (κ1) is 23.7. The molecule has 0 radical (unpaired) electrons. The molecule has 1 amide bonds. The number of likely N-dealkylation sites (tertiary alicyclic amines) is 2. The molecular weight excluding hydrogens is 472 g/mol. The summed E-state index contributed by atoms with van der Waals surface area (Å²) in [7, 11) is 0. The van der Waals surface area contributed by atoms with Crippen molar-refractivity contribution in [2.45, 2.75) is 44.2 Å². The van der Waals surface area contributed by atoms with Crippen molar-refractivity contribution in [3.63, 3.8) is 0 Å².